The largest absolute Gasteiger partial charge is 0.497 e. The Kier molecular flexibility index (Phi) is 5.79. The van der Waals surface area contributed by atoms with Crippen molar-refractivity contribution in [3.63, 3.8) is 0 Å². The molecule has 1 N–H and O–H groups in total. The lowest BCUT2D eigenvalue weighted by Gasteiger charge is -2.18. The molecule has 2 amide bonds. The van der Waals surface area contributed by atoms with E-state index in [1.807, 2.05) is 56.3 Å². The van der Waals surface area contributed by atoms with Gasteiger partial charge in [0.15, 0.2) is 0 Å². The molecule has 1 atom stereocenters. The minimum absolute atomic E-state index is 0.00574. The first-order valence-electron chi connectivity index (χ1n) is 9.26. The number of hydrogen-bond acceptors (Lipinski definition) is 3. The van der Waals surface area contributed by atoms with Gasteiger partial charge in [0, 0.05) is 25.2 Å². The molecule has 2 aromatic carbocycles. The molecule has 1 heterocycles. The van der Waals surface area contributed by atoms with Crippen LogP contribution in [0.5, 0.6) is 5.75 Å². The fraction of sp³-hybridized carbons (Fsp3) is 0.364. The number of amides is 2. The molecule has 5 nitrogen and oxygen atoms in total. The Labute approximate surface area is 160 Å². The Balaban J connectivity index is 1.54. The summed E-state index contributed by atoms with van der Waals surface area (Å²) >= 11 is 0. The van der Waals surface area contributed by atoms with E-state index in [9.17, 15) is 9.59 Å². The van der Waals surface area contributed by atoms with E-state index in [2.05, 4.69) is 5.32 Å². The average molecular weight is 366 g/mol. The lowest BCUT2D eigenvalue weighted by molar-refractivity contribution is -0.126. The number of nitrogens with one attached hydrogen (secondary N) is 1. The van der Waals surface area contributed by atoms with Crippen molar-refractivity contribution in [1.29, 1.82) is 0 Å². The van der Waals surface area contributed by atoms with E-state index in [0.717, 1.165) is 29.0 Å². The summed E-state index contributed by atoms with van der Waals surface area (Å²) in [5.41, 5.74) is 4.31. The first-order chi connectivity index (χ1) is 13.0. The summed E-state index contributed by atoms with van der Waals surface area (Å²) in [6.45, 7) is 5.05. The molecule has 1 saturated heterocycles. The lowest BCUT2D eigenvalue weighted by atomic mass is 10.1. The third-order valence-electron chi connectivity index (χ3n) is 5.15. The second-order valence-corrected chi connectivity index (χ2v) is 7.07. The maximum atomic E-state index is 12.5. The third-order valence-corrected chi connectivity index (χ3v) is 5.15. The fourth-order valence-corrected chi connectivity index (χ4v) is 3.33. The van der Waals surface area contributed by atoms with E-state index in [4.69, 9.17) is 4.74 Å². The van der Waals surface area contributed by atoms with Crippen molar-refractivity contribution < 1.29 is 14.3 Å². The van der Waals surface area contributed by atoms with Gasteiger partial charge in [0.2, 0.25) is 11.8 Å². The summed E-state index contributed by atoms with van der Waals surface area (Å²) in [5, 5.41) is 2.96. The van der Waals surface area contributed by atoms with Crippen molar-refractivity contribution in [3.8, 4) is 5.75 Å². The van der Waals surface area contributed by atoms with Crippen molar-refractivity contribution >= 4 is 17.5 Å². The van der Waals surface area contributed by atoms with Gasteiger partial charge in [-0.25, -0.2) is 0 Å². The van der Waals surface area contributed by atoms with Crippen LogP contribution >= 0.6 is 0 Å². The van der Waals surface area contributed by atoms with Gasteiger partial charge in [0.25, 0.3) is 0 Å². The summed E-state index contributed by atoms with van der Waals surface area (Å²) in [6, 6.07) is 13.8. The van der Waals surface area contributed by atoms with Gasteiger partial charge in [-0.15, -0.1) is 0 Å². The highest BCUT2D eigenvalue weighted by atomic mass is 16.5. The van der Waals surface area contributed by atoms with Gasteiger partial charge in [-0.3, -0.25) is 9.59 Å². The molecular formula is C22H26N2O3. The summed E-state index contributed by atoms with van der Waals surface area (Å²) in [4.78, 5) is 26.6. The van der Waals surface area contributed by atoms with Crippen LogP contribution in [0.4, 0.5) is 5.69 Å². The quantitative estimate of drug-likeness (QED) is 0.855. The SMILES string of the molecule is COc1cccc(CCNC(=O)C2CC(=O)N(c3ccc(C)c(C)c3)C2)c1. The molecule has 1 fully saturated rings. The van der Waals surface area contributed by atoms with Crippen molar-refractivity contribution in [2.45, 2.75) is 26.7 Å². The van der Waals surface area contributed by atoms with Crippen molar-refractivity contribution in [2.75, 3.05) is 25.1 Å². The van der Waals surface area contributed by atoms with Crippen molar-refractivity contribution in [2.24, 2.45) is 5.92 Å². The molecule has 2 aromatic rings. The molecule has 1 unspecified atom stereocenters. The highest BCUT2D eigenvalue weighted by molar-refractivity contribution is 6.00. The number of carbonyl (C=O) groups excluding carboxylic acids is 2. The fourth-order valence-electron chi connectivity index (χ4n) is 3.33. The average Bonchev–Trinajstić information content (AvgIpc) is 3.06. The number of rotatable bonds is 6. The summed E-state index contributed by atoms with van der Waals surface area (Å²) in [5.74, 6) is 0.456. The first kappa shape index (κ1) is 19.0. The van der Waals surface area contributed by atoms with Gasteiger partial charge in [-0.1, -0.05) is 18.2 Å². The Morgan fingerprint density at radius 2 is 2.00 bits per heavy atom. The van der Waals surface area contributed by atoms with E-state index in [1.165, 1.54) is 5.56 Å². The highest BCUT2D eigenvalue weighted by Crippen LogP contribution is 2.27. The van der Waals surface area contributed by atoms with E-state index in [1.54, 1.807) is 12.0 Å². The van der Waals surface area contributed by atoms with E-state index >= 15 is 0 Å². The molecule has 0 spiro atoms. The predicted molar refractivity (Wildman–Crippen MR) is 106 cm³/mol. The number of methoxy groups -OCH3 is 1. The molecule has 0 aromatic heterocycles. The van der Waals surface area contributed by atoms with Crippen LogP contribution < -0.4 is 15.0 Å². The molecule has 3 rings (SSSR count). The summed E-state index contributed by atoms with van der Waals surface area (Å²) in [6.07, 6.45) is 0.988. The standard InChI is InChI=1S/C22H26N2O3/c1-15-7-8-19(11-16(15)2)24-14-18(13-21(24)25)22(26)23-10-9-17-5-4-6-20(12-17)27-3/h4-8,11-12,18H,9-10,13-14H2,1-3H3,(H,23,26). The smallest absolute Gasteiger partial charge is 0.227 e. The molecule has 0 radical (unpaired) electrons. The molecule has 142 valence electrons. The Bertz CT molecular complexity index is 847. The maximum Gasteiger partial charge on any atom is 0.227 e. The first-order valence-corrected chi connectivity index (χ1v) is 9.26. The monoisotopic (exact) mass is 366 g/mol. The van der Waals surface area contributed by atoms with E-state index in [0.29, 0.717) is 13.1 Å². The second kappa shape index (κ2) is 8.25. The van der Waals surface area contributed by atoms with E-state index < -0.39 is 0 Å². The molecule has 1 aliphatic heterocycles. The van der Waals surface area contributed by atoms with Crippen LogP contribution in [0.25, 0.3) is 0 Å². The van der Waals surface area contributed by atoms with Crippen LogP contribution in [0.3, 0.4) is 0 Å². The summed E-state index contributed by atoms with van der Waals surface area (Å²) in [7, 11) is 1.64. The van der Waals surface area contributed by atoms with Gasteiger partial charge in [-0.05, 0) is 61.2 Å². The van der Waals surface area contributed by atoms with Crippen molar-refractivity contribution in [1.82, 2.24) is 5.32 Å². The van der Waals surface area contributed by atoms with Crippen LogP contribution in [-0.2, 0) is 16.0 Å². The minimum atomic E-state index is -0.301. The highest BCUT2D eigenvalue weighted by Gasteiger charge is 2.35. The minimum Gasteiger partial charge on any atom is -0.497 e. The number of nitrogens with zero attached hydrogens (tertiary/aromatic N) is 1. The lowest BCUT2D eigenvalue weighted by Crippen LogP contribution is -2.34. The van der Waals surface area contributed by atoms with Gasteiger partial charge in [0.05, 0.1) is 13.0 Å². The van der Waals surface area contributed by atoms with Crippen molar-refractivity contribution in [3.05, 3.63) is 59.2 Å². The maximum absolute atomic E-state index is 12.5. The van der Waals surface area contributed by atoms with Crippen LogP contribution in [0, 0.1) is 19.8 Å². The van der Waals surface area contributed by atoms with Crippen LogP contribution in [0.15, 0.2) is 42.5 Å². The zero-order chi connectivity index (χ0) is 19.4. The summed E-state index contributed by atoms with van der Waals surface area (Å²) < 4.78 is 5.21. The normalized spacial score (nSPS) is 16.5. The van der Waals surface area contributed by atoms with Gasteiger partial charge in [0.1, 0.15) is 5.75 Å². The Hall–Kier alpha value is -2.82. The van der Waals surface area contributed by atoms with Gasteiger partial charge in [-0.2, -0.15) is 0 Å². The van der Waals surface area contributed by atoms with E-state index in [-0.39, 0.29) is 24.2 Å². The number of hydrogen-bond donors (Lipinski definition) is 1. The zero-order valence-corrected chi connectivity index (χ0v) is 16.1. The van der Waals surface area contributed by atoms with Gasteiger partial charge >= 0.3 is 0 Å². The molecular weight excluding hydrogens is 340 g/mol. The number of anilines is 1. The van der Waals surface area contributed by atoms with Crippen LogP contribution in [0.2, 0.25) is 0 Å². The molecule has 5 heteroatoms. The Morgan fingerprint density at radius 3 is 2.74 bits per heavy atom. The van der Waals surface area contributed by atoms with Crippen LogP contribution in [-0.4, -0.2) is 32.0 Å². The number of benzene rings is 2. The number of carbonyl (C=O) groups is 2. The molecule has 0 aliphatic carbocycles. The van der Waals surface area contributed by atoms with Gasteiger partial charge < -0.3 is 15.0 Å². The molecule has 0 saturated carbocycles. The Morgan fingerprint density at radius 1 is 1.19 bits per heavy atom. The predicted octanol–water partition coefficient (Wildman–Crippen LogP) is 3.02. The molecule has 1 aliphatic rings. The molecule has 0 bridgehead atoms. The number of aryl methyl sites for hydroxylation is 2. The topological polar surface area (TPSA) is 58.6 Å². The second-order valence-electron chi connectivity index (χ2n) is 7.07. The van der Waals surface area contributed by atoms with Crippen LogP contribution in [0.1, 0.15) is 23.1 Å². The third kappa shape index (κ3) is 4.48. The number of ether oxygens (including phenoxy) is 1. The molecule has 27 heavy (non-hydrogen) atoms. The zero-order valence-electron chi connectivity index (χ0n) is 16.1.